The van der Waals surface area contributed by atoms with Crippen molar-refractivity contribution < 1.29 is 14.3 Å². The van der Waals surface area contributed by atoms with Gasteiger partial charge in [-0.3, -0.25) is 20.4 Å². The minimum absolute atomic E-state index is 0.0549. The van der Waals surface area contributed by atoms with Crippen molar-refractivity contribution in [1.82, 2.24) is 16.2 Å². The molecule has 0 aromatic rings. The number of hydrogen-bond acceptors (Lipinski definition) is 4. The van der Waals surface area contributed by atoms with Crippen LogP contribution in [-0.4, -0.2) is 29.1 Å². The van der Waals surface area contributed by atoms with Crippen molar-refractivity contribution in [1.29, 1.82) is 0 Å². The maximum absolute atomic E-state index is 12.4. The topological polar surface area (TPSA) is 79.5 Å². The summed E-state index contributed by atoms with van der Waals surface area (Å²) < 4.78 is 5.79. The Morgan fingerprint density at radius 3 is 2.64 bits per heavy atom. The predicted molar refractivity (Wildman–Crippen MR) is 88.8 cm³/mol. The van der Waals surface area contributed by atoms with Crippen LogP contribution in [0.1, 0.15) is 39.5 Å². The van der Waals surface area contributed by atoms with Crippen LogP contribution in [0.15, 0.2) is 24.3 Å². The van der Waals surface area contributed by atoms with E-state index in [2.05, 4.69) is 23.1 Å². The Balaban J connectivity index is 2.57. The van der Waals surface area contributed by atoms with E-state index in [-0.39, 0.29) is 16.9 Å². The van der Waals surface area contributed by atoms with Crippen molar-refractivity contribution in [3.63, 3.8) is 0 Å². The van der Waals surface area contributed by atoms with Crippen LogP contribution in [0.2, 0.25) is 0 Å². The zero-order chi connectivity index (χ0) is 16.4. The normalized spacial score (nSPS) is 19.5. The highest BCUT2D eigenvalue weighted by Gasteiger charge is 2.36. The third-order valence-corrected chi connectivity index (χ3v) is 3.34. The highest BCUT2D eigenvalue weighted by Crippen LogP contribution is 2.23. The summed E-state index contributed by atoms with van der Waals surface area (Å²) in [6.07, 6.45) is 9.90. The van der Waals surface area contributed by atoms with Crippen molar-refractivity contribution in [2.24, 2.45) is 0 Å². The molecule has 0 aromatic carbocycles. The molecule has 1 aliphatic carbocycles. The maximum atomic E-state index is 12.4. The summed E-state index contributed by atoms with van der Waals surface area (Å²) in [6, 6.07) is 0. The van der Waals surface area contributed by atoms with Gasteiger partial charge in [-0.1, -0.05) is 38.5 Å². The van der Waals surface area contributed by atoms with Gasteiger partial charge in [0.15, 0.2) is 10.7 Å². The quantitative estimate of drug-likeness (QED) is 0.392. The molecule has 1 atom stereocenters. The van der Waals surface area contributed by atoms with Crippen molar-refractivity contribution in [3.05, 3.63) is 24.3 Å². The van der Waals surface area contributed by atoms with Crippen LogP contribution in [0, 0.1) is 0 Å². The number of rotatable bonds is 6. The average molecular weight is 325 g/mol. The molecule has 0 heterocycles. The molecular weight excluding hydrogens is 302 g/mol. The van der Waals surface area contributed by atoms with E-state index >= 15 is 0 Å². The van der Waals surface area contributed by atoms with E-state index in [9.17, 15) is 9.59 Å². The second-order valence-electron chi connectivity index (χ2n) is 4.89. The molecule has 1 aliphatic rings. The number of hydrogen-bond donors (Lipinski definition) is 3. The van der Waals surface area contributed by atoms with Crippen LogP contribution >= 0.6 is 12.2 Å². The summed E-state index contributed by atoms with van der Waals surface area (Å²) in [6.45, 7) is 4.27. The second kappa shape index (κ2) is 9.32. The van der Waals surface area contributed by atoms with Gasteiger partial charge in [0.25, 0.3) is 5.91 Å². The molecule has 2 amide bonds. The van der Waals surface area contributed by atoms with E-state index in [0.717, 1.165) is 12.8 Å². The lowest BCUT2D eigenvalue weighted by atomic mass is 9.94. The third kappa shape index (κ3) is 5.57. The van der Waals surface area contributed by atoms with Crippen molar-refractivity contribution in [2.45, 2.75) is 45.1 Å². The molecule has 0 fully saturated rings. The van der Waals surface area contributed by atoms with Gasteiger partial charge in [0.1, 0.15) is 0 Å². The van der Waals surface area contributed by atoms with Gasteiger partial charge < -0.3 is 10.1 Å². The number of amides is 2. The third-order valence-electron chi connectivity index (χ3n) is 3.14. The monoisotopic (exact) mass is 325 g/mol. The summed E-state index contributed by atoms with van der Waals surface area (Å²) in [7, 11) is 0. The van der Waals surface area contributed by atoms with Gasteiger partial charge in [0.2, 0.25) is 5.91 Å². The number of carbonyl (C=O) groups is 2. The number of hydrazine groups is 1. The van der Waals surface area contributed by atoms with Crippen LogP contribution in [-0.2, 0) is 14.3 Å². The Kier molecular flexibility index (Phi) is 7.76. The van der Waals surface area contributed by atoms with E-state index < -0.39 is 5.60 Å². The average Bonchev–Trinajstić information content (AvgIpc) is 2.53. The van der Waals surface area contributed by atoms with Crippen LogP contribution in [0.5, 0.6) is 0 Å². The highest BCUT2D eigenvalue weighted by molar-refractivity contribution is 7.80. The van der Waals surface area contributed by atoms with Gasteiger partial charge in [-0.2, -0.15) is 0 Å². The van der Waals surface area contributed by atoms with E-state index in [1.54, 1.807) is 19.1 Å². The molecule has 0 saturated carbocycles. The van der Waals surface area contributed by atoms with Gasteiger partial charge in [-0.05, 0) is 24.7 Å². The minimum atomic E-state index is -1.04. The molecule has 22 heavy (non-hydrogen) atoms. The zero-order valence-electron chi connectivity index (χ0n) is 13.0. The second-order valence-corrected chi connectivity index (χ2v) is 5.30. The first-order valence-corrected chi connectivity index (χ1v) is 7.83. The maximum Gasteiger partial charge on any atom is 0.274 e. The molecular formula is C15H23N3O3S. The number of unbranched alkanes of at least 4 members (excludes halogenated alkanes) is 1. The largest absolute Gasteiger partial charge is 0.361 e. The first kappa shape index (κ1) is 18.3. The number of ether oxygens (including phenoxy) is 1. The van der Waals surface area contributed by atoms with Gasteiger partial charge in [-0.15, -0.1) is 0 Å². The van der Waals surface area contributed by atoms with Gasteiger partial charge in [0, 0.05) is 19.4 Å². The Morgan fingerprint density at radius 2 is 2.05 bits per heavy atom. The van der Waals surface area contributed by atoms with Crippen LogP contribution in [0.25, 0.3) is 0 Å². The predicted octanol–water partition coefficient (Wildman–Crippen LogP) is 1.49. The van der Waals surface area contributed by atoms with Crippen molar-refractivity contribution in [2.75, 3.05) is 6.61 Å². The van der Waals surface area contributed by atoms with Gasteiger partial charge in [-0.25, -0.2) is 0 Å². The minimum Gasteiger partial charge on any atom is -0.361 e. The molecule has 0 radical (unpaired) electrons. The van der Waals surface area contributed by atoms with Crippen molar-refractivity contribution in [3.8, 4) is 0 Å². The summed E-state index contributed by atoms with van der Waals surface area (Å²) >= 11 is 4.93. The van der Waals surface area contributed by atoms with E-state index in [4.69, 9.17) is 17.0 Å². The number of thiocarbonyl (C=S) groups is 1. The molecule has 3 N–H and O–H groups in total. The first-order valence-electron chi connectivity index (χ1n) is 7.42. The Labute approximate surface area is 136 Å². The number of allylic oxidation sites excluding steroid dienone is 2. The molecule has 0 spiro atoms. The van der Waals surface area contributed by atoms with Gasteiger partial charge in [0.05, 0.1) is 0 Å². The number of nitrogens with one attached hydrogen (secondary N) is 3. The number of carbonyl (C=O) groups excluding carboxylic acids is 2. The summed E-state index contributed by atoms with van der Waals surface area (Å²) in [5.41, 5.74) is 3.98. The van der Waals surface area contributed by atoms with E-state index in [0.29, 0.717) is 19.4 Å². The first-order chi connectivity index (χ1) is 10.5. The molecule has 6 nitrogen and oxygen atoms in total. The van der Waals surface area contributed by atoms with E-state index in [1.807, 2.05) is 12.2 Å². The summed E-state index contributed by atoms with van der Waals surface area (Å²) in [4.78, 5) is 23.6. The van der Waals surface area contributed by atoms with Crippen LogP contribution in [0.4, 0.5) is 0 Å². The lowest BCUT2D eigenvalue weighted by molar-refractivity contribution is -0.141. The Morgan fingerprint density at radius 1 is 1.27 bits per heavy atom. The molecule has 122 valence electrons. The lowest BCUT2D eigenvalue weighted by Crippen LogP contribution is -2.56. The fourth-order valence-electron chi connectivity index (χ4n) is 1.81. The molecule has 0 aromatic heterocycles. The van der Waals surface area contributed by atoms with Crippen LogP contribution in [0.3, 0.4) is 0 Å². The Hall–Kier alpha value is -1.73. The van der Waals surface area contributed by atoms with Crippen LogP contribution < -0.4 is 16.2 Å². The Bertz CT molecular complexity index is 477. The molecule has 0 aliphatic heterocycles. The molecule has 0 bridgehead atoms. The molecule has 7 heteroatoms. The van der Waals surface area contributed by atoms with E-state index in [1.165, 1.54) is 0 Å². The zero-order valence-corrected chi connectivity index (χ0v) is 13.8. The molecule has 0 saturated heterocycles. The molecule has 1 unspecified atom stereocenters. The standard InChI is InChI=1S/C15H23N3O3S/c1-3-5-11-21-15(9-7-6-8-10-15)13(20)17-18-14(22)16-12(19)4-2/h6-9H,3-5,10-11H2,1-2H3,(H,17,20)(H2,16,18,19,22). The SMILES string of the molecule is CCCCOC1(C(=O)NNC(=S)NC(=O)CC)C=CC=CC1. The van der Waals surface area contributed by atoms with Gasteiger partial charge >= 0.3 is 0 Å². The lowest BCUT2D eigenvalue weighted by Gasteiger charge is -2.30. The summed E-state index contributed by atoms with van der Waals surface area (Å²) in [5.74, 6) is -0.571. The highest BCUT2D eigenvalue weighted by atomic mass is 32.1. The molecule has 1 rings (SSSR count). The van der Waals surface area contributed by atoms with Crippen molar-refractivity contribution >= 4 is 29.1 Å². The fraction of sp³-hybridized carbons (Fsp3) is 0.533. The fourth-order valence-corrected chi connectivity index (χ4v) is 1.97. The summed E-state index contributed by atoms with van der Waals surface area (Å²) in [5, 5.41) is 2.50. The smallest absolute Gasteiger partial charge is 0.274 e.